The summed E-state index contributed by atoms with van der Waals surface area (Å²) in [5.74, 6) is 1.57. The van der Waals surface area contributed by atoms with E-state index in [-0.39, 0.29) is 23.1 Å². The van der Waals surface area contributed by atoms with Crippen molar-refractivity contribution in [1.29, 1.82) is 0 Å². The van der Waals surface area contributed by atoms with Gasteiger partial charge in [-0.15, -0.1) is 0 Å². The van der Waals surface area contributed by atoms with E-state index in [0.29, 0.717) is 39.8 Å². The Morgan fingerprint density at radius 1 is 0.481 bits per heavy atom. The normalized spacial score (nSPS) is 14.3. The van der Waals surface area contributed by atoms with E-state index in [1.807, 2.05) is 91.0 Å². The first-order valence-corrected chi connectivity index (χ1v) is 17.3. The lowest BCUT2D eigenvalue weighted by molar-refractivity contribution is 0.660. The third-order valence-electron chi connectivity index (χ3n) is 10.2. The van der Waals surface area contributed by atoms with Gasteiger partial charge in [-0.05, 0) is 63.2 Å². The summed E-state index contributed by atoms with van der Waals surface area (Å²) in [6.07, 6.45) is 0. The molecule has 0 radical (unpaired) electrons. The van der Waals surface area contributed by atoms with Crippen molar-refractivity contribution in [2.45, 2.75) is 19.3 Å². The van der Waals surface area contributed by atoms with Crippen LogP contribution in [-0.2, 0) is 5.41 Å². The minimum Gasteiger partial charge on any atom is -0.455 e. The number of furan rings is 1. The Labute approximate surface area is 309 Å². The van der Waals surface area contributed by atoms with E-state index >= 15 is 0 Å². The zero-order valence-electron chi connectivity index (χ0n) is 33.5. The van der Waals surface area contributed by atoms with E-state index in [4.69, 9.17) is 26.2 Å². The highest BCUT2D eigenvalue weighted by Gasteiger charge is 2.37. The van der Waals surface area contributed by atoms with Crippen molar-refractivity contribution in [3.63, 3.8) is 0 Å². The minimum absolute atomic E-state index is 0.0813. The zero-order valence-corrected chi connectivity index (χ0v) is 28.5. The average molecular weight is 673 g/mol. The lowest BCUT2D eigenvalue weighted by atomic mass is 9.82. The molecule has 0 atom stereocenters. The topological polar surface area (TPSA) is 51.8 Å². The molecule has 0 unspecified atom stereocenters. The van der Waals surface area contributed by atoms with E-state index in [0.717, 1.165) is 38.6 Å². The number of hydrogen-bond acceptors (Lipinski definition) is 4. The fourth-order valence-corrected chi connectivity index (χ4v) is 7.67. The van der Waals surface area contributed by atoms with Gasteiger partial charge < -0.3 is 4.42 Å². The van der Waals surface area contributed by atoms with Crippen LogP contribution < -0.4 is 0 Å². The largest absolute Gasteiger partial charge is 0.455 e. The van der Waals surface area contributed by atoms with E-state index in [1.54, 1.807) is 0 Å². The van der Waals surface area contributed by atoms with Crippen LogP contribution in [0.2, 0.25) is 0 Å². The van der Waals surface area contributed by atoms with Crippen molar-refractivity contribution in [2.24, 2.45) is 0 Å². The minimum atomic E-state index is -0.446. The van der Waals surface area contributed by atoms with Crippen LogP contribution in [0, 0.1) is 0 Å². The van der Waals surface area contributed by atoms with Gasteiger partial charge in [-0.25, -0.2) is 15.0 Å². The molecule has 0 fully saturated rings. The van der Waals surface area contributed by atoms with Gasteiger partial charge in [0.25, 0.3) is 0 Å². The van der Waals surface area contributed by atoms with Crippen molar-refractivity contribution in [1.82, 2.24) is 15.0 Å². The Morgan fingerprint density at radius 2 is 1.13 bits per heavy atom. The van der Waals surface area contributed by atoms with Crippen LogP contribution in [0.4, 0.5) is 0 Å². The Balaban J connectivity index is 1.20. The molecule has 4 heteroatoms. The van der Waals surface area contributed by atoms with Crippen LogP contribution in [0.25, 0.3) is 89.5 Å². The second-order valence-corrected chi connectivity index (χ2v) is 13.7. The third kappa shape index (κ3) is 4.79. The van der Waals surface area contributed by atoms with Crippen LogP contribution in [0.15, 0.2) is 168 Å². The molecular formula is C48H33N3O. The molecule has 246 valence electrons. The molecule has 2 aromatic heterocycles. The van der Waals surface area contributed by atoms with Gasteiger partial charge in [-0.3, -0.25) is 0 Å². The summed E-state index contributed by atoms with van der Waals surface area (Å²) in [7, 11) is 0. The Morgan fingerprint density at radius 3 is 1.92 bits per heavy atom. The molecular weight excluding hydrogens is 635 g/mol. The Kier molecular flexibility index (Phi) is 5.70. The molecule has 1 aliphatic rings. The first-order chi connectivity index (χ1) is 27.6. The summed E-state index contributed by atoms with van der Waals surface area (Å²) in [5.41, 5.74) is 10.3. The predicted molar refractivity (Wildman–Crippen MR) is 212 cm³/mol. The standard InChI is InChI=1S/C48H33N3O/c1-48(2)40-23-13-12-21-36(40)43-37(22-14-24-41(43)48)47-50-45(32-19-10-5-11-20-32)49-46(51-47)33-25-26-35-39-28-34(30-15-6-3-7-16-30)27-38(31-17-8-4-9-18-31)44(39)52-42(35)29-33/h3-29H,1-2H3/i4D,8D,9D,17D,18D. The molecule has 0 amide bonds. The molecule has 0 saturated carbocycles. The monoisotopic (exact) mass is 672 g/mol. The Bertz CT molecular complexity index is 3080. The first-order valence-electron chi connectivity index (χ1n) is 19.8. The zero-order chi connectivity index (χ0) is 39.2. The average Bonchev–Trinajstić information content (AvgIpc) is 3.74. The second-order valence-electron chi connectivity index (χ2n) is 13.7. The van der Waals surface area contributed by atoms with Gasteiger partial charge in [0.2, 0.25) is 0 Å². The molecule has 2 heterocycles. The van der Waals surface area contributed by atoms with Crippen molar-refractivity contribution >= 4 is 21.9 Å². The van der Waals surface area contributed by atoms with Gasteiger partial charge in [0.05, 0.1) is 6.85 Å². The number of aromatic nitrogens is 3. The highest BCUT2D eigenvalue weighted by molar-refractivity contribution is 6.12. The molecule has 0 bridgehead atoms. The maximum atomic E-state index is 8.86. The summed E-state index contributed by atoms with van der Waals surface area (Å²) in [4.78, 5) is 15.3. The molecule has 52 heavy (non-hydrogen) atoms. The maximum Gasteiger partial charge on any atom is 0.164 e. The van der Waals surface area contributed by atoms with Gasteiger partial charge >= 0.3 is 0 Å². The molecule has 1 aliphatic carbocycles. The SMILES string of the molecule is [2H]c1c([2H])c([2H])c(-c2cc(-c3ccccc3)cc3c2oc2cc(-c4nc(-c5ccccc5)nc(-c5cccc6c5-c5ccccc5C6(C)C)n4)ccc23)c([2H])c1[2H]. The van der Waals surface area contributed by atoms with Gasteiger partial charge in [0.1, 0.15) is 11.2 Å². The number of rotatable bonds is 5. The molecule has 0 N–H and O–H groups in total. The van der Waals surface area contributed by atoms with Gasteiger partial charge in [0.15, 0.2) is 17.5 Å². The lowest BCUT2D eigenvalue weighted by Gasteiger charge is -2.21. The first kappa shape index (κ1) is 25.3. The van der Waals surface area contributed by atoms with Crippen LogP contribution in [0.1, 0.15) is 31.8 Å². The van der Waals surface area contributed by atoms with Gasteiger partial charge in [0, 0.05) is 38.4 Å². The van der Waals surface area contributed by atoms with Crippen molar-refractivity contribution in [2.75, 3.05) is 0 Å². The summed E-state index contributed by atoms with van der Waals surface area (Å²) in [6.45, 7) is 4.51. The van der Waals surface area contributed by atoms with Crippen molar-refractivity contribution in [3.8, 4) is 67.5 Å². The summed E-state index contributed by atoms with van der Waals surface area (Å²) in [6, 6.07) is 42.4. The fourth-order valence-electron chi connectivity index (χ4n) is 7.67. The van der Waals surface area contributed by atoms with E-state index < -0.39 is 18.1 Å². The number of fused-ring (bicyclic) bond motifs is 6. The number of benzene rings is 7. The fraction of sp³-hybridized carbons (Fsp3) is 0.0625. The van der Waals surface area contributed by atoms with E-state index in [2.05, 4.69) is 56.3 Å². The smallest absolute Gasteiger partial charge is 0.164 e. The Hall–Kier alpha value is -6.65. The quantitative estimate of drug-likeness (QED) is 0.183. The molecule has 0 aliphatic heterocycles. The van der Waals surface area contributed by atoms with E-state index in [9.17, 15) is 0 Å². The molecule has 0 spiro atoms. The summed E-state index contributed by atoms with van der Waals surface area (Å²) >= 11 is 0. The van der Waals surface area contributed by atoms with Crippen LogP contribution >= 0.6 is 0 Å². The van der Waals surface area contributed by atoms with Crippen molar-refractivity contribution in [3.05, 3.63) is 175 Å². The third-order valence-corrected chi connectivity index (χ3v) is 10.2. The highest BCUT2D eigenvalue weighted by Crippen LogP contribution is 2.51. The molecule has 10 rings (SSSR count). The van der Waals surface area contributed by atoms with Crippen LogP contribution in [-0.4, -0.2) is 15.0 Å². The number of nitrogens with zero attached hydrogens (tertiary/aromatic N) is 3. The van der Waals surface area contributed by atoms with E-state index in [1.165, 1.54) is 16.7 Å². The predicted octanol–water partition coefficient (Wildman–Crippen LogP) is 12.4. The molecule has 4 nitrogen and oxygen atoms in total. The number of hydrogen-bond donors (Lipinski definition) is 0. The molecule has 7 aromatic carbocycles. The van der Waals surface area contributed by atoms with Gasteiger partial charge in [-0.2, -0.15) is 0 Å². The van der Waals surface area contributed by atoms with Crippen LogP contribution in [0.3, 0.4) is 0 Å². The summed E-state index contributed by atoms with van der Waals surface area (Å²) in [5, 5.41) is 1.56. The van der Waals surface area contributed by atoms with Crippen LogP contribution in [0.5, 0.6) is 0 Å². The van der Waals surface area contributed by atoms with Crippen molar-refractivity contribution < 1.29 is 11.3 Å². The molecule has 0 saturated heterocycles. The lowest BCUT2D eigenvalue weighted by Crippen LogP contribution is -2.14. The highest BCUT2D eigenvalue weighted by atomic mass is 16.3. The summed E-state index contributed by atoms with van der Waals surface area (Å²) < 4.78 is 49.5. The van der Waals surface area contributed by atoms with Gasteiger partial charge in [-0.1, -0.05) is 153 Å². The maximum absolute atomic E-state index is 8.86. The molecule has 9 aromatic rings. The second kappa shape index (κ2) is 11.7.